The first-order valence-electron chi connectivity index (χ1n) is 7.17. The average molecular weight is 352 g/mol. The van der Waals surface area contributed by atoms with Crippen LogP contribution in [0.25, 0.3) is 0 Å². The van der Waals surface area contributed by atoms with Gasteiger partial charge in [0.1, 0.15) is 16.4 Å². The van der Waals surface area contributed by atoms with Crippen LogP contribution in [0, 0.1) is 15.9 Å². The van der Waals surface area contributed by atoms with E-state index in [4.69, 9.17) is 0 Å². The van der Waals surface area contributed by atoms with Crippen LogP contribution in [0.2, 0.25) is 0 Å². The number of para-hydroxylation sites is 1. The van der Waals surface area contributed by atoms with Gasteiger partial charge in [-0.25, -0.2) is 12.8 Å². The van der Waals surface area contributed by atoms with Crippen molar-refractivity contribution in [3.63, 3.8) is 0 Å². The lowest BCUT2D eigenvalue weighted by atomic mass is 10.1. The zero-order chi connectivity index (χ0) is 17.9. The van der Waals surface area contributed by atoms with Gasteiger partial charge in [0.05, 0.1) is 4.92 Å². The second kappa shape index (κ2) is 6.96. The first kappa shape index (κ1) is 17.9. The van der Waals surface area contributed by atoms with Gasteiger partial charge < -0.3 is 5.32 Å². The lowest BCUT2D eigenvalue weighted by molar-refractivity contribution is -0.386. The summed E-state index contributed by atoms with van der Waals surface area (Å²) in [4.78, 5) is 10.2. The second-order valence-corrected chi connectivity index (χ2v) is 7.51. The van der Waals surface area contributed by atoms with Gasteiger partial charge in [0.15, 0.2) is 9.84 Å². The van der Waals surface area contributed by atoms with Gasteiger partial charge in [-0.2, -0.15) is 0 Å². The number of nitro benzene ring substituents is 1. The molecule has 2 aromatic rings. The minimum Gasteiger partial charge on any atom is -0.377 e. The molecule has 0 aliphatic rings. The van der Waals surface area contributed by atoms with Gasteiger partial charge >= 0.3 is 5.69 Å². The SMILES string of the molecule is CC(Cc1ccccc1F)Nc1cccc(S(C)(=O)=O)c1[N+](=O)[O-]. The molecule has 0 fully saturated rings. The quantitative estimate of drug-likeness (QED) is 0.637. The van der Waals surface area contributed by atoms with E-state index in [1.54, 1.807) is 25.1 Å². The van der Waals surface area contributed by atoms with Gasteiger partial charge in [-0.05, 0) is 37.1 Å². The second-order valence-electron chi connectivity index (χ2n) is 5.52. The fraction of sp³-hybridized carbons (Fsp3) is 0.250. The normalized spacial score (nSPS) is 12.6. The number of sulfone groups is 1. The van der Waals surface area contributed by atoms with Crippen LogP contribution < -0.4 is 5.32 Å². The van der Waals surface area contributed by atoms with Crippen molar-refractivity contribution in [1.29, 1.82) is 0 Å². The van der Waals surface area contributed by atoms with Crippen LogP contribution in [0.1, 0.15) is 12.5 Å². The van der Waals surface area contributed by atoms with Crippen molar-refractivity contribution in [3.05, 3.63) is 64.0 Å². The van der Waals surface area contributed by atoms with E-state index in [-0.39, 0.29) is 22.4 Å². The molecule has 6 nitrogen and oxygen atoms in total. The highest BCUT2D eigenvalue weighted by Crippen LogP contribution is 2.32. The molecule has 2 rings (SSSR count). The highest BCUT2D eigenvalue weighted by Gasteiger charge is 2.26. The summed E-state index contributed by atoms with van der Waals surface area (Å²) in [6.45, 7) is 1.74. The number of halogens is 1. The van der Waals surface area contributed by atoms with Crippen molar-refractivity contribution in [2.45, 2.75) is 24.3 Å². The van der Waals surface area contributed by atoms with Crippen LogP contribution in [0.4, 0.5) is 15.8 Å². The van der Waals surface area contributed by atoms with Crippen LogP contribution in [0.15, 0.2) is 47.4 Å². The van der Waals surface area contributed by atoms with Gasteiger partial charge in [0.2, 0.25) is 0 Å². The maximum atomic E-state index is 13.7. The molecular formula is C16H17FN2O4S. The van der Waals surface area contributed by atoms with Crippen molar-refractivity contribution < 1.29 is 17.7 Å². The summed E-state index contributed by atoms with van der Waals surface area (Å²) in [6, 6.07) is 9.99. The lowest BCUT2D eigenvalue weighted by Crippen LogP contribution is -2.20. The van der Waals surface area contributed by atoms with Gasteiger partial charge in [0, 0.05) is 12.3 Å². The third kappa shape index (κ3) is 4.08. The molecule has 24 heavy (non-hydrogen) atoms. The van der Waals surface area contributed by atoms with E-state index in [0.717, 1.165) is 6.26 Å². The Balaban J connectivity index is 2.33. The minimum absolute atomic E-state index is 0.0896. The molecule has 0 spiro atoms. The molecule has 0 heterocycles. The third-order valence-corrected chi connectivity index (χ3v) is 4.60. The van der Waals surface area contributed by atoms with Crippen LogP contribution in [-0.4, -0.2) is 25.6 Å². The summed E-state index contributed by atoms with van der Waals surface area (Å²) in [6.07, 6.45) is 1.22. The Morgan fingerprint density at radius 3 is 2.46 bits per heavy atom. The number of rotatable bonds is 6. The molecule has 0 radical (unpaired) electrons. The Bertz CT molecular complexity index is 868. The summed E-state index contributed by atoms with van der Waals surface area (Å²) in [5.41, 5.74) is 0.0616. The maximum absolute atomic E-state index is 13.7. The van der Waals surface area contributed by atoms with E-state index in [0.29, 0.717) is 12.0 Å². The molecule has 0 aliphatic heterocycles. The topological polar surface area (TPSA) is 89.3 Å². The van der Waals surface area contributed by atoms with Crippen molar-refractivity contribution in [1.82, 2.24) is 0 Å². The van der Waals surface area contributed by atoms with E-state index in [9.17, 15) is 22.9 Å². The van der Waals surface area contributed by atoms with Crippen LogP contribution in [0.3, 0.4) is 0 Å². The van der Waals surface area contributed by atoms with Crippen molar-refractivity contribution >= 4 is 21.2 Å². The monoisotopic (exact) mass is 352 g/mol. The molecule has 1 unspecified atom stereocenters. The number of benzene rings is 2. The van der Waals surface area contributed by atoms with Gasteiger partial charge in [-0.15, -0.1) is 0 Å². The standard InChI is InChI=1S/C16H17FN2O4S/c1-11(10-12-6-3-4-7-13(12)17)18-14-8-5-9-15(24(2,22)23)16(14)19(20)21/h3-9,11,18H,10H2,1-2H3. The molecule has 0 bridgehead atoms. The molecule has 2 aromatic carbocycles. The number of nitrogens with one attached hydrogen (secondary N) is 1. The number of hydrogen-bond acceptors (Lipinski definition) is 5. The third-order valence-electron chi connectivity index (χ3n) is 3.47. The maximum Gasteiger partial charge on any atom is 0.310 e. The van der Waals surface area contributed by atoms with Crippen LogP contribution >= 0.6 is 0 Å². The average Bonchev–Trinajstić information content (AvgIpc) is 2.48. The molecule has 0 aromatic heterocycles. The molecule has 0 saturated heterocycles. The number of hydrogen-bond donors (Lipinski definition) is 1. The Hall–Kier alpha value is -2.48. The van der Waals surface area contributed by atoms with Crippen molar-refractivity contribution in [2.75, 3.05) is 11.6 Å². The molecule has 128 valence electrons. The summed E-state index contributed by atoms with van der Waals surface area (Å²) < 4.78 is 37.2. The molecule has 8 heteroatoms. The van der Waals surface area contributed by atoms with Crippen molar-refractivity contribution in [3.8, 4) is 0 Å². The molecule has 1 N–H and O–H groups in total. The van der Waals surface area contributed by atoms with E-state index in [1.807, 2.05) is 0 Å². The number of nitro groups is 1. The van der Waals surface area contributed by atoms with Gasteiger partial charge in [-0.3, -0.25) is 10.1 Å². The first-order valence-corrected chi connectivity index (χ1v) is 9.06. The van der Waals surface area contributed by atoms with E-state index in [2.05, 4.69) is 5.32 Å². The van der Waals surface area contributed by atoms with Crippen molar-refractivity contribution in [2.24, 2.45) is 0 Å². The Morgan fingerprint density at radius 1 is 1.21 bits per heavy atom. The number of nitrogens with zero attached hydrogens (tertiary/aromatic N) is 1. The van der Waals surface area contributed by atoms with Gasteiger partial charge in [-0.1, -0.05) is 24.3 Å². The Kier molecular flexibility index (Phi) is 5.18. The van der Waals surface area contributed by atoms with Gasteiger partial charge in [0.25, 0.3) is 0 Å². The predicted molar refractivity (Wildman–Crippen MR) is 89.4 cm³/mol. The Morgan fingerprint density at radius 2 is 1.88 bits per heavy atom. The lowest BCUT2D eigenvalue weighted by Gasteiger charge is -2.16. The largest absolute Gasteiger partial charge is 0.377 e. The summed E-state index contributed by atoms with van der Waals surface area (Å²) in [5, 5.41) is 14.2. The Labute approximate surface area is 139 Å². The fourth-order valence-corrected chi connectivity index (χ4v) is 3.30. The molecule has 0 aliphatic carbocycles. The zero-order valence-corrected chi connectivity index (χ0v) is 14.0. The summed E-state index contributed by atoms with van der Waals surface area (Å²) >= 11 is 0. The molecule has 1 atom stereocenters. The minimum atomic E-state index is -3.74. The number of anilines is 1. The summed E-state index contributed by atoms with van der Waals surface area (Å²) in [7, 11) is -3.74. The first-order chi connectivity index (χ1) is 11.2. The van der Waals surface area contributed by atoms with E-state index in [1.165, 1.54) is 24.3 Å². The van der Waals surface area contributed by atoms with Crippen LogP contribution in [-0.2, 0) is 16.3 Å². The summed E-state index contributed by atoms with van der Waals surface area (Å²) in [5.74, 6) is -0.356. The van der Waals surface area contributed by atoms with E-state index >= 15 is 0 Å². The molecule has 0 saturated carbocycles. The fourth-order valence-electron chi connectivity index (χ4n) is 2.44. The highest BCUT2D eigenvalue weighted by atomic mass is 32.2. The smallest absolute Gasteiger partial charge is 0.310 e. The zero-order valence-electron chi connectivity index (χ0n) is 13.2. The molecule has 0 amide bonds. The molecular weight excluding hydrogens is 335 g/mol. The highest BCUT2D eigenvalue weighted by molar-refractivity contribution is 7.90. The predicted octanol–water partition coefficient (Wildman–Crippen LogP) is 3.18. The van der Waals surface area contributed by atoms with Crippen LogP contribution in [0.5, 0.6) is 0 Å². The van der Waals surface area contributed by atoms with E-state index < -0.39 is 20.4 Å².